The summed E-state index contributed by atoms with van der Waals surface area (Å²) in [6, 6.07) is 9.74. The van der Waals surface area contributed by atoms with Crippen molar-refractivity contribution >= 4 is 17.5 Å². The van der Waals surface area contributed by atoms with Crippen molar-refractivity contribution in [1.82, 2.24) is 9.97 Å². The summed E-state index contributed by atoms with van der Waals surface area (Å²) < 4.78 is 11.6. The van der Waals surface area contributed by atoms with E-state index < -0.39 is 5.79 Å². The van der Waals surface area contributed by atoms with Gasteiger partial charge < -0.3 is 19.3 Å². The maximum Gasteiger partial charge on any atom is 0.277 e. The molecule has 2 fully saturated rings. The number of amides is 1. The van der Waals surface area contributed by atoms with Crippen molar-refractivity contribution in [3.05, 3.63) is 47.8 Å². The molecule has 4 heterocycles. The van der Waals surface area contributed by atoms with E-state index in [9.17, 15) is 4.79 Å². The number of anilines is 2. The zero-order chi connectivity index (χ0) is 18.3. The lowest BCUT2D eigenvalue weighted by Crippen LogP contribution is -2.45. The zero-order valence-electron chi connectivity index (χ0n) is 15.1. The highest BCUT2D eigenvalue weighted by molar-refractivity contribution is 6.06. The Balaban J connectivity index is 1.33. The number of benzene rings is 1. The Labute approximate surface area is 157 Å². The van der Waals surface area contributed by atoms with Gasteiger partial charge in [-0.25, -0.2) is 9.97 Å². The molecule has 0 atom stereocenters. The molecule has 0 N–H and O–H groups in total. The molecule has 0 bridgehead atoms. The number of fused-ring (bicyclic) bond motifs is 1. The van der Waals surface area contributed by atoms with Crippen LogP contribution in [0.25, 0.3) is 0 Å². The number of para-hydroxylation sites is 1. The summed E-state index contributed by atoms with van der Waals surface area (Å²) in [5, 5.41) is 0. The van der Waals surface area contributed by atoms with Gasteiger partial charge in [-0.05, 0) is 24.1 Å². The molecule has 0 aliphatic carbocycles. The minimum absolute atomic E-state index is 0.0699. The molecule has 1 aromatic heterocycles. The molecule has 3 aliphatic rings. The van der Waals surface area contributed by atoms with Crippen LogP contribution in [0.4, 0.5) is 11.6 Å². The first kappa shape index (κ1) is 16.6. The third kappa shape index (κ3) is 2.96. The summed E-state index contributed by atoms with van der Waals surface area (Å²) in [4.78, 5) is 25.9. The van der Waals surface area contributed by atoms with Crippen LogP contribution in [0.5, 0.6) is 0 Å². The Bertz CT molecular complexity index is 856. The van der Waals surface area contributed by atoms with E-state index in [1.807, 2.05) is 23.1 Å². The van der Waals surface area contributed by atoms with Crippen LogP contribution in [-0.2, 0) is 15.9 Å². The van der Waals surface area contributed by atoms with Crippen LogP contribution in [0.15, 0.2) is 36.5 Å². The van der Waals surface area contributed by atoms with Gasteiger partial charge in [0.15, 0.2) is 5.79 Å². The molecule has 0 saturated carbocycles. The van der Waals surface area contributed by atoms with Gasteiger partial charge >= 0.3 is 0 Å². The lowest BCUT2D eigenvalue weighted by Gasteiger charge is -2.37. The smallest absolute Gasteiger partial charge is 0.277 e. The molecule has 2 saturated heterocycles. The third-order valence-corrected chi connectivity index (χ3v) is 5.62. The summed E-state index contributed by atoms with van der Waals surface area (Å²) in [6.45, 7) is 3.53. The fourth-order valence-electron chi connectivity index (χ4n) is 4.14. The predicted octanol–water partition coefficient (Wildman–Crippen LogP) is 2.02. The highest BCUT2D eigenvalue weighted by Gasteiger charge is 2.40. The lowest BCUT2D eigenvalue weighted by atomic mass is 10.0. The summed E-state index contributed by atoms with van der Waals surface area (Å²) in [7, 11) is 0. The molecule has 1 spiro atoms. The maximum absolute atomic E-state index is 13.0. The lowest BCUT2D eigenvalue weighted by molar-refractivity contribution is -0.169. The van der Waals surface area contributed by atoms with Gasteiger partial charge in [-0.15, -0.1) is 0 Å². The number of carbonyl (C=O) groups is 1. The second-order valence-electron chi connectivity index (χ2n) is 7.17. The van der Waals surface area contributed by atoms with E-state index in [0.717, 1.165) is 38.0 Å². The molecular formula is C20H22N4O3. The van der Waals surface area contributed by atoms with Crippen molar-refractivity contribution in [2.75, 3.05) is 42.6 Å². The van der Waals surface area contributed by atoms with E-state index in [2.05, 4.69) is 20.9 Å². The largest absolute Gasteiger partial charge is 0.347 e. The van der Waals surface area contributed by atoms with Gasteiger partial charge in [0.25, 0.3) is 5.91 Å². The minimum atomic E-state index is -0.427. The van der Waals surface area contributed by atoms with Crippen LogP contribution in [0.1, 0.15) is 28.9 Å². The van der Waals surface area contributed by atoms with Crippen molar-refractivity contribution < 1.29 is 14.3 Å². The third-order valence-electron chi connectivity index (χ3n) is 5.62. The second kappa shape index (κ2) is 6.58. The number of hydrogen-bond donors (Lipinski definition) is 0. The molecule has 140 valence electrons. The molecule has 1 amide bonds. The van der Waals surface area contributed by atoms with E-state index in [4.69, 9.17) is 9.47 Å². The molecular weight excluding hydrogens is 344 g/mol. The summed E-state index contributed by atoms with van der Waals surface area (Å²) in [5.74, 6) is 0.101. The van der Waals surface area contributed by atoms with Crippen molar-refractivity contribution in [1.29, 1.82) is 0 Å². The number of rotatable bonds is 2. The van der Waals surface area contributed by atoms with Crippen LogP contribution in [0.2, 0.25) is 0 Å². The van der Waals surface area contributed by atoms with Crippen LogP contribution >= 0.6 is 0 Å². The molecule has 7 nitrogen and oxygen atoms in total. The fraction of sp³-hybridized carbons (Fsp3) is 0.450. The highest BCUT2D eigenvalue weighted by Crippen LogP contribution is 2.32. The topological polar surface area (TPSA) is 67.8 Å². The van der Waals surface area contributed by atoms with Crippen molar-refractivity contribution in [3.8, 4) is 0 Å². The summed E-state index contributed by atoms with van der Waals surface area (Å²) in [6.07, 6.45) is 4.13. The average Bonchev–Trinajstić information content (AvgIpc) is 3.35. The van der Waals surface area contributed by atoms with Gasteiger partial charge in [0.1, 0.15) is 5.69 Å². The molecule has 5 rings (SSSR count). The first-order chi connectivity index (χ1) is 13.2. The van der Waals surface area contributed by atoms with Gasteiger partial charge in [-0.2, -0.15) is 0 Å². The second-order valence-corrected chi connectivity index (χ2v) is 7.17. The van der Waals surface area contributed by atoms with E-state index in [1.54, 1.807) is 12.3 Å². The van der Waals surface area contributed by atoms with Crippen molar-refractivity contribution in [2.45, 2.75) is 25.0 Å². The van der Waals surface area contributed by atoms with Gasteiger partial charge in [0.05, 0.1) is 13.2 Å². The Morgan fingerprint density at radius 3 is 2.63 bits per heavy atom. The Morgan fingerprint density at radius 2 is 1.81 bits per heavy atom. The normalized spacial score (nSPS) is 20.9. The summed E-state index contributed by atoms with van der Waals surface area (Å²) in [5.41, 5.74) is 2.63. The first-order valence-corrected chi connectivity index (χ1v) is 9.50. The van der Waals surface area contributed by atoms with Crippen molar-refractivity contribution in [2.24, 2.45) is 0 Å². The molecule has 0 unspecified atom stereocenters. The van der Waals surface area contributed by atoms with Gasteiger partial charge in [0, 0.05) is 44.4 Å². The summed E-state index contributed by atoms with van der Waals surface area (Å²) >= 11 is 0. The van der Waals surface area contributed by atoms with Crippen molar-refractivity contribution in [3.63, 3.8) is 0 Å². The van der Waals surface area contributed by atoms with Crippen LogP contribution in [0.3, 0.4) is 0 Å². The highest BCUT2D eigenvalue weighted by atomic mass is 16.7. The Kier molecular flexibility index (Phi) is 4.06. The van der Waals surface area contributed by atoms with Gasteiger partial charge in [0.2, 0.25) is 5.95 Å². The number of carbonyl (C=O) groups excluding carboxylic acids is 1. The van der Waals surface area contributed by atoms with Crippen LogP contribution in [-0.4, -0.2) is 54.5 Å². The number of ether oxygens (including phenoxy) is 2. The maximum atomic E-state index is 13.0. The quantitative estimate of drug-likeness (QED) is 0.810. The van der Waals surface area contributed by atoms with E-state index in [-0.39, 0.29) is 5.91 Å². The monoisotopic (exact) mass is 366 g/mol. The number of hydrogen-bond acceptors (Lipinski definition) is 6. The SMILES string of the molecule is O=C(c1ccnc(N2CCC3(CC2)OCCO3)n1)N1CCc2ccccc21. The number of piperidine rings is 1. The molecule has 27 heavy (non-hydrogen) atoms. The number of nitrogens with zero attached hydrogens (tertiary/aromatic N) is 4. The molecule has 0 radical (unpaired) electrons. The first-order valence-electron chi connectivity index (χ1n) is 9.50. The molecule has 3 aliphatic heterocycles. The molecule has 2 aromatic rings. The van der Waals surface area contributed by atoms with Gasteiger partial charge in [-0.3, -0.25) is 4.79 Å². The van der Waals surface area contributed by atoms with E-state index in [0.29, 0.717) is 31.4 Å². The van der Waals surface area contributed by atoms with Gasteiger partial charge in [-0.1, -0.05) is 18.2 Å². The average molecular weight is 366 g/mol. The van der Waals surface area contributed by atoms with E-state index >= 15 is 0 Å². The molecule has 1 aromatic carbocycles. The van der Waals surface area contributed by atoms with E-state index in [1.165, 1.54) is 5.56 Å². The minimum Gasteiger partial charge on any atom is -0.347 e. The zero-order valence-corrected chi connectivity index (χ0v) is 15.1. The predicted molar refractivity (Wildman–Crippen MR) is 99.9 cm³/mol. The fourth-order valence-corrected chi connectivity index (χ4v) is 4.14. The van der Waals surface area contributed by atoms with Crippen LogP contribution in [0, 0.1) is 0 Å². The molecule has 7 heteroatoms. The standard InChI is InChI=1S/C20H22N4O3/c25-18(24-10-6-15-3-1-2-4-17(15)24)16-5-9-21-19(22-16)23-11-7-20(8-12-23)26-13-14-27-20/h1-5,9H,6-8,10-14H2. The Morgan fingerprint density at radius 1 is 1.04 bits per heavy atom. The number of aromatic nitrogens is 2. The van der Waals surface area contributed by atoms with Crippen LogP contribution < -0.4 is 9.80 Å². The Hall–Kier alpha value is -2.51.